The van der Waals surface area contributed by atoms with Gasteiger partial charge in [0.15, 0.2) is 0 Å². The topological polar surface area (TPSA) is 88.2 Å². The fraction of sp³-hybridized carbons (Fsp3) is 0.433. The highest BCUT2D eigenvalue weighted by Gasteiger charge is 2.38. The first kappa shape index (κ1) is 28.5. The molecule has 4 rings (SSSR count). The molecule has 1 heterocycles. The van der Waals surface area contributed by atoms with Gasteiger partial charge in [-0.05, 0) is 61.7 Å². The van der Waals surface area contributed by atoms with Gasteiger partial charge >= 0.3 is 5.97 Å². The van der Waals surface area contributed by atoms with Crippen molar-refractivity contribution < 1.29 is 23.9 Å². The van der Waals surface area contributed by atoms with E-state index in [2.05, 4.69) is 10.2 Å². The maximum Gasteiger partial charge on any atom is 0.328 e. The molecule has 2 aromatic rings. The number of ether oxygens (including phenoxy) is 2. The van der Waals surface area contributed by atoms with Gasteiger partial charge in [-0.1, -0.05) is 35.9 Å². The zero-order valence-electron chi connectivity index (χ0n) is 22.5. The summed E-state index contributed by atoms with van der Waals surface area (Å²) < 4.78 is 10.5. The molecule has 2 aromatic carbocycles. The second-order valence-electron chi connectivity index (χ2n) is 9.81. The maximum absolute atomic E-state index is 13.6. The minimum Gasteiger partial charge on any atom is -0.497 e. The van der Waals surface area contributed by atoms with Crippen LogP contribution in [-0.2, 0) is 25.5 Å². The van der Waals surface area contributed by atoms with Crippen molar-refractivity contribution in [1.29, 1.82) is 0 Å². The van der Waals surface area contributed by atoms with Crippen LogP contribution in [0.4, 0.5) is 5.69 Å². The Balaban J connectivity index is 1.39. The highest BCUT2D eigenvalue weighted by atomic mass is 35.5. The molecule has 2 aliphatic rings. The van der Waals surface area contributed by atoms with Crippen molar-refractivity contribution in [2.45, 2.75) is 32.2 Å². The molecule has 1 fully saturated rings. The Morgan fingerprint density at radius 1 is 0.949 bits per heavy atom. The van der Waals surface area contributed by atoms with E-state index in [1.54, 1.807) is 26.2 Å². The Kier molecular flexibility index (Phi) is 9.87. The fourth-order valence-corrected chi connectivity index (χ4v) is 5.29. The highest BCUT2D eigenvalue weighted by molar-refractivity contribution is 6.30. The summed E-state index contributed by atoms with van der Waals surface area (Å²) in [6.07, 6.45) is 5.13. The second kappa shape index (κ2) is 13.5. The quantitative estimate of drug-likeness (QED) is 0.375. The van der Waals surface area contributed by atoms with E-state index in [-0.39, 0.29) is 24.8 Å². The number of allylic oxidation sites excluding steroid dienone is 2. The minimum absolute atomic E-state index is 0.0146. The average molecular weight is 554 g/mol. The summed E-state index contributed by atoms with van der Waals surface area (Å²) in [7, 11) is 1.64. The van der Waals surface area contributed by atoms with Gasteiger partial charge in [0.05, 0.1) is 25.6 Å². The first-order valence-corrected chi connectivity index (χ1v) is 13.8. The Hall–Kier alpha value is -3.52. The van der Waals surface area contributed by atoms with Crippen LogP contribution in [0.2, 0.25) is 5.02 Å². The van der Waals surface area contributed by atoms with E-state index in [0.29, 0.717) is 44.0 Å². The van der Waals surface area contributed by atoms with Crippen LogP contribution in [0.15, 0.2) is 60.7 Å². The summed E-state index contributed by atoms with van der Waals surface area (Å²) in [6.45, 7) is 4.53. The number of methoxy groups -OCH3 is 1. The van der Waals surface area contributed by atoms with Crippen molar-refractivity contribution in [3.05, 3.63) is 71.3 Å². The van der Waals surface area contributed by atoms with Crippen molar-refractivity contribution >= 4 is 35.1 Å². The number of benzene rings is 2. The molecule has 0 radical (unpaired) electrons. The zero-order chi connectivity index (χ0) is 27.8. The molecule has 1 saturated heterocycles. The number of hydrogen-bond acceptors (Lipinski definition) is 6. The van der Waals surface area contributed by atoms with Crippen molar-refractivity contribution in [2.24, 2.45) is 11.8 Å². The van der Waals surface area contributed by atoms with Crippen LogP contribution in [-0.4, -0.2) is 68.6 Å². The summed E-state index contributed by atoms with van der Waals surface area (Å²) in [6, 6.07) is 14.2. The van der Waals surface area contributed by atoms with Crippen LogP contribution in [0.1, 0.15) is 25.3 Å². The van der Waals surface area contributed by atoms with E-state index in [9.17, 15) is 14.4 Å². The van der Waals surface area contributed by atoms with Gasteiger partial charge in [-0.2, -0.15) is 0 Å². The van der Waals surface area contributed by atoms with E-state index in [1.807, 2.05) is 53.5 Å². The van der Waals surface area contributed by atoms with Gasteiger partial charge in [0.2, 0.25) is 11.8 Å². The monoisotopic (exact) mass is 553 g/mol. The summed E-state index contributed by atoms with van der Waals surface area (Å²) in [5.74, 6) is -1.03. The first-order valence-electron chi connectivity index (χ1n) is 13.4. The molecule has 9 heteroatoms. The number of nitrogens with zero attached hydrogens (tertiary/aromatic N) is 2. The third kappa shape index (κ3) is 7.32. The van der Waals surface area contributed by atoms with Gasteiger partial charge in [0, 0.05) is 43.3 Å². The Bertz CT molecular complexity index is 1160. The number of esters is 1. The van der Waals surface area contributed by atoms with E-state index in [0.717, 1.165) is 17.0 Å². The first-order chi connectivity index (χ1) is 18.9. The Morgan fingerprint density at radius 2 is 1.59 bits per heavy atom. The smallest absolute Gasteiger partial charge is 0.328 e. The zero-order valence-corrected chi connectivity index (χ0v) is 23.2. The molecular formula is C30H36ClN3O5. The van der Waals surface area contributed by atoms with Gasteiger partial charge in [0.25, 0.3) is 0 Å². The van der Waals surface area contributed by atoms with Crippen molar-refractivity contribution in [1.82, 2.24) is 10.2 Å². The molecule has 0 aromatic heterocycles. The predicted molar refractivity (Wildman–Crippen MR) is 151 cm³/mol. The lowest BCUT2D eigenvalue weighted by Crippen LogP contribution is -2.53. The Labute approximate surface area is 234 Å². The largest absolute Gasteiger partial charge is 0.497 e. The molecular weight excluding hydrogens is 518 g/mol. The van der Waals surface area contributed by atoms with E-state index >= 15 is 0 Å². The van der Waals surface area contributed by atoms with Gasteiger partial charge in [0.1, 0.15) is 11.8 Å². The SMILES string of the molecule is CCOC(=O)C(Cc1ccc(Cl)cc1)NC(=O)C1CC=CCC1C(=O)N1CCN(c2ccc(OC)cc2)CC1. The molecule has 208 valence electrons. The molecule has 1 N–H and O–H groups in total. The lowest BCUT2D eigenvalue weighted by molar-refractivity contribution is -0.148. The molecule has 3 unspecified atom stereocenters. The maximum atomic E-state index is 13.6. The summed E-state index contributed by atoms with van der Waals surface area (Å²) in [5, 5.41) is 3.48. The number of nitrogens with one attached hydrogen (secondary N) is 1. The molecule has 0 saturated carbocycles. The summed E-state index contributed by atoms with van der Waals surface area (Å²) in [4.78, 5) is 43.9. The normalized spacial score (nSPS) is 19.8. The van der Waals surface area contributed by atoms with E-state index in [4.69, 9.17) is 21.1 Å². The van der Waals surface area contributed by atoms with E-state index < -0.39 is 23.8 Å². The lowest BCUT2D eigenvalue weighted by atomic mass is 9.81. The highest BCUT2D eigenvalue weighted by Crippen LogP contribution is 2.29. The molecule has 2 amide bonds. The molecule has 0 spiro atoms. The molecule has 1 aliphatic heterocycles. The lowest BCUT2D eigenvalue weighted by Gasteiger charge is -2.39. The number of amides is 2. The van der Waals surface area contributed by atoms with Gasteiger partial charge in [-0.25, -0.2) is 4.79 Å². The number of carbonyl (C=O) groups is 3. The van der Waals surface area contributed by atoms with Crippen LogP contribution < -0.4 is 15.0 Å². The molecule has 39 heavy (non-hydrogen) atoms. The summed E-state index contributed by atoms with van der Waals surface area (Å²) >= 11 is 6.00. The Morgan fingerprint density at radius 3 is 2.21 bits per heavy atom. The number of piperazine rings is 1. The number of carbonyl (C=O) groups excluding carboxylic acids is 3. The fourth-order valence-electron chi connectivity index (χ4n) is 5.16. The molecule has 1 aliphatic carbocycles. The third-order valence-corrected chi connectivity index (χ3v) is 7.61. The number of rotatable bonds is 9. The van der Waals surface area contributed by atoms with Crippen molar-refractivity contribution in [2.75, 3.05) is 44.8 Å². The number of anilines is 1. The predicted octanol–water partition coefficient (Wildman–Crippen LogP) is 3.87. The second-order valence-corrected chi connectivity index (χ2v) is 10.2. The number of hydrogen-bond donors (Lipinski definition) is 1. The van der Waals surface area contributed by atoms with Crippen LogP contribution in [0.25, 0.3) is 0 Å². The molecule has 8 nitrogen and oxygen atoms in total. The van der Waals surface area contributed by atoms with Crippen LogP contribution in [0.3, 0.4) is 0 Å². The van der Waals surface area contributed by atoms with Crippen LogP contribution in [0.5, 0.6) is 5.75 Å². The van der Waals surface area contributed by atoms with Gasteiger partial charge in [-0.3, -0.25) is 9.59 Å². The van der Waals surface area contributed by atoms with E-state index in [1.165, 1.54) is 0 Å². The summed E-state index contributed by atoms with van der Waals surface area (Å²) in [5.41, 5.74) is 1.94. The van der Waals surface area contributed by atoms with Gasteiger partial charge < -0.3 is 24.6 Å². The molecule has 3 atom stereocenters. The van der Waals surface area contributed by atoms with Crippen molar-refractivity contribution in [3.63, 3.8) is 0 Å². The van der Waals surface area contributed by atoms with Crippen LogP contribution in [0, 0.1) is 11.8 Å². The molecule has 0 bridgehead atoms. The number of halogens is 1. The average Bonchev–Trinajstić information content (AvgIpc) is 2.97. The van der Waals surface area contributed by atoms with Crippen molar-refractivity contribution in [3.8, 4) is 5.75 Å². The third-order valence-electron chi connectivity index (χ3n) is 7.36. The minimum atomic E-state index is -0.853. The van der Waals surface area contributed by atoms with Gasteiger partial charge in [-0.15, -0.1) is 0 Å². The standard InChI is InChI=1S/C30H36ClN3O5/c1-3-39-30(37)27(20-21-8-10-22(31)11-9-21)32-28(35)25-6-4-5-7-26(25)29(36)34-18-16-33(17-19-34)23-12-14-24(38-2)15-13-23/h4-5,8-15,25-27H,3,6-7,16-20H2,1-2H3,(H,32,35). The van der Waals surface area contributed by atoms with Crippen LogP contribution >= 0.6 is 11.6 Å².